The molecule has 0 amide bonds. The molecule has 18 heavy (non-hydrogen) atoms. The topological polar surface area (TPSA) is 39.2 Å². The molecule has 0 saturated heterocycles. The summed E-state index contributed by atoms with van der Waals surface area (Å²) in [7, 11) is 1.17. The highest BCUT2D eigenvalue weighted by Gasteiger charge is 2.32. The van der Waals surface area contributed by atoms with Crippen molar-refractivity contribution in [2.45, 2.75) is 6.18 Å². The number of esters is 1. The van der Waals surface area contributed by atoms with Crippen molar-refractivity contribution in [2.24, 2.45) is 0 Å². The second-order valence-electron chi connectivity index (χ2n) is 3.58. The van der Waals surface area contributed by atoms with Gasteiger partial charge in [0, 0.05) is 11.6 Å². The Labute approximate surface area is 100 Å². The number of hydrogen-bond donors (Lipinski definition) is 0. The summed E-state index contributed by atoms with van der Waals surface area (Å²) in [5.41, 5.74) is -0.584. The van der Waals surface area contributed by atoms with Crippen LogP contribution in [0, 0.1) is 0 Å². The minimum Gasteiger partial charge on any atom is -0.465 e. The molecule has 0 unspecified atom stereocenters. The lowest BCUT2D eigenvalue weighted by Crippen LogP contribution is -2.07. The van der Waals surface area contributed by atoms with Crippen LogP contribution in [0.15, 0.2) is 30.5 Å². The normalized spacial score (nSPS) is 11.6. The van der Waals surface area contributed by atoms with Gasteiger partial charge in [-0.2, -0.15) is 13.2 Å². The summed E-state index contributed by atoms with van der Waals surface area (Å²) in [6.45, 7) is 0. The van der Waals surface area contributed by atoms with Crippen LogP contribution in [-0.4, -0.2) is 18.1 Å². The molecule has 1 aromatic heterocycles. The maximum absolute atomic E-state index is 12.8. The lowest BCUT2D eigenvalue weighted by Gasteiger charge is -2.10. The van der Waals surface area contributed by atoms with Crippen LogP contribution in [0.3, 0.4) is 0 Å². The Hall–Kier alpha value is -2.11. The molecule has 1 aromatic carbocycles. The summed E-state index contributed by atoms with van der Waals surface area (Å²) in [6.07, 6.45) is -3.40. The number of methoxy groups -OCH3 is 1. The molecule has 0 N–H and O–H groups in total. The molecular weight excluding hydrogens is 247 g/mol. The molecule has 2 rings (SSSR count). The van der Waals surface area contributed by atoms with Crippen molar-refractivity contribution in [1.29, 1.82) is 0 Å². The van der Waals surface area contributed by atoms with Gasteiger partial charge in [-0.1, -0.05) is 0 Å². The minimum absolute atomic E-state index is 0.0588. The molecule has 0 radical (unpaired) electrons. The molecule has 3 nitrogen and oxygen atoms in total. The summed E-state index contributed by atoms with van der Waals surface area (Å²) >= 11 is 0. The first kappa shape index (κ1) is 12.3. The molecule has 0 atom stereocenters. The maximum Gasteiger partial charge on any atom is 0.417 e. The number of carbonyl (C=O) groups excluding carboxylic acids is 1. The number of halogens is 3. The number of ether oxygens (including phenoxy) is 1. The van der Waals surface area contributed by atoms with Crippen LogP contribution in [0.25, 0.3) is 10.9 Å². The lowest BCUT2D eigenvalue weighted by molar-refractivity contribution is -0.136. The van der Waals surface area contributed by atoms with Gasteiger partial charge in [0.1, 0.15) is 0 Å². The van der Waals surface area contributed by atoms with Crippen molar-refractivity contribution in [1.82, 2.24) is 4.98 Å². The third-order valence-corrected chi connectivity index (χ3v) is 2.47. The first-order valence-electron chi connectivity index (χ1n) is 4.98. The van der Waals surface area contributed by atoms with Crippen LogP contribution in [0.1, 0.15) is 15.9 Å². The number of rotatable bonds is 1. The van der Waals surface area contributed by atoms with Crippen molar-refractivity contribution in [2.75, 3.05) is 7.11 Å². The van der Waals surface area contributed by atoms with Gasteiger partial charge in [0.05, 0.1) is 23.8 Å². The number of alkyl halides is 3. The van der Waals surface area contributed by atoms with Crippen LogP contribution in [0.2, 0.25) is 0 Å². The van der Waals surface area contributed by atoms with Crippen molar-refractivity contribution in [3.63, 3.8) is 0 Å². The van der Waals surface area contributed by atoms with E-state index >= 15 is 0 Å². The summed E-state index contributed by atoms with van der Waals surface area (Å²) in [4.78, 5) is 15.1. The lowest BCUT2D eigenvalue weighted by atomic mass is 10.1. The molecule has 0 aliphatic carbocycles. The summed E-state index contributed by atoms with van der Waals surface area (Å²) in [5.74, 6) is -0.686. The Morgan fingerprint density at radius 2 is 2.00 bits per heavy atom. The summed E-state index contributed by atoms with van der Waals surface area (Å²) in [6, 6.07) is 4.75. The molecule has 94 valence electrons. The number of pyridine rings is 1. The van der Waals surface area contributed by atoms with Crippen molar-refractivity contribution in [3.05, 3.63) is 41.6 Å². The third-order valence-electron chi connectivity index (χ3n) is 2.47. The van der Waals surface area contributed by atoms with Crippen LogP contribution in [0.4, 0.5) is 13.2 Å². The van der Waals surface area contributed by atoms with E-state index in [1.165, 1.54) is 19.2 Å². The fourth-order valence-electron chi connectivity index (χ4n) is 1.64. The Balaban J connectivity index is 2.70. The van der Waals surface area contributed by atoms with E-state index in [1.807, 2.05) is 0 Å². The van der Waals surface area contributed by atoms with Crippen LogP contribution in [-0.2, 0) is 10.9 Å². The predicted molar refractivity (Wildman–Crippen MR) is 58.1 cm³/mol. The highest BCUT2D eigenvalue weighted by atomic mass is 19.4. The molecule has 0 aliphatic heterocycles. The first-order valence-corrected chi connectivity index (χ1v) is 4.98. The predicted octanol–water partition coefficient (Wildman–Crippen LogP) is 3.04. The van der Waals surface area contributed by atoms with E-state index in [2.05, 4.69) is 9.72 Å². The van der Waals surface area contributed by atoms with E-state index in [-0.39, 0.29) is 16.5 Å². The quantitative estimate of drug-likeness (QED) is 0.735. The van der Waals surface area contributed by atoms with Gasteiger partial charge in [0.2, 0.25) is 0 Å². The summed E-state index contributed by atoms with van der Waals surface area (Å²) < 4.78 is 42.8. The van der Waals surface area contributed by atoms with Crippen LogP contribution < -0.4 is 0 Å². The van der Waals surface area contributed by atoms with Gasteiger partial charge in [0.25, 0.3) is 0 Å². The fourth-order valence-corrected chi connectivity index (χ4v) is 1.64. The van der Waals surface area contributed by atoms with Gasteiger partial charge >= 0.3 is 12.1 Å². The van der Waals surface area contributed by atoms with Gasteiger partial charge in [-0.15, -0.1) is 0 Å². The molecule has 6 heteroatoms. The average Bonchev–Trinajstić information content (AvgIpc) is 2.35. The van der Waals surface area contributed by atoms with Crippen LogP contribution >= 0.6 is 0 Å². The molecule has 1 heterocycles. The zero-order valence-corrected chi connectivity index (χ0v) is 9.28. The number of carbonyl (C=O) groups is 1. The van der Waals surface area contributed by atoms with E-state index in [1.54, 1.807) is 0 Å². The minimum atomic E-state index is -4.49. The Morgan fingerprint density at radius 1 is 1.28 bits per heavy atom. The van der Waals surface area contributed by atoms with Gasteiger partial charge in [-0.05, 0) is 24.3 Å². The van der Waals surface area contributed by atoms with E-state index in [0.717, 1.165) is 18.3 Å². The first-order chi connectivity index (χ1) is 8.43. The Kier molecular flexibility index (Phi) is 2.94. The SMILES string of the molecule is COC(=O)c1ccc2nccc(C(F)(F)F)c2c1. The second kappa shape index (κ2) is 4.29. The van der Waals surface area contributed by atoms with Gasteiger partial charge in [0.15, 0.2) is 0 Å². The van der Waals surface area contributed by atoms with Gasteiger partial charge in [-0.3, -0.25) is 4.98 Å². The molecule has 2 aromatic rings. The second-order valence-corrected chi connectivity index (χ2v) is 3.58. The zero-order valence-electron chi connectivity index (χ0n) is 9.28. The van der Waals surface area contributed by atoms with Crippen molar-refractivity contribution < 1.29 is 22.7 Å². The number of nitrogens with zero attached hydrogens (tertiary/aromatic N) is 1. The highest BCUT2D eigenvalue weighted by Crippen LogP contribution is 2.34. The fraction of sp³-hybridized carbons (Fsp3) is 0.167. The smallest absolute Gasteiger partial charge is 0.417 e. The van der Waals surface area contributed by atoms with Gasteiger partial charge in [-0.25, -0.2) is 4.79 Å². The zero-order chi connectivity index (χ0) is 13.3. The highest BCUT2D eigenvalue weighted by molar-refractivity contribution is 5.95. The van der Waals surface area contributed by atoms with Gasteiger partial charge < -0.3 is 4.74 Å². The number of fused-ring (bicyclic) bond motifs is 1. The molecule has 0 spiro atoms. The number of aromatic nitrogens is 1. The Morgan fingerprint density at radius 3 is 2.61 bits per heavy atom. The standard InChI is InChI=1S/C12H8F3NO2/c1-18-11(17)7-2-3-10-8(6-7)9(4-5-16-10)12(13,14)15/h2-6H,1H3. The number of benzene rings is 1. The summed E-state index contributed by atoms with van der Waals surface area (Å²) in [5, 5.41) is -0.118. The molecule has 0 fully saturated rings. The van der Waals surface area contributed by atoms with E-state index in [9.17, 15) is 18.0 Å². The molecular formula is C12H8F3NO2. The third kappa shape index (κ3) is 2.13. The average molecular weight is 255 g/mol. The van der Waals surface area contributed by atoms with E-state index in [4.69, 9.17) is 0 Å². The molecule has 0 aliphatic rings. The largest absolute Gasteiger partial charge is 0.465 e. The van der Waals surface area contributed by atoms with Crippen molar-refractivity contribution in [3.8, 4) is 0 Å². The number of hydrogen-bond acceptors (Lipinski definition) is 3. The van der Waals surface area contributed by atoms with E-state index in [0.29, 0.717) is 0 Å². The maximum atomic E-state index is 12.8. The van der Waals surface area contributed by atoms with Crippen molar-refractivity contribution >= 4 is 16.9 Å². The molecule has 0 bridgehead atoms. The van der Waals surface area contributed by atoms with E-state index < -0.39 is 17.7 Å². The molecule has 0 saturated carbocycles. The van der Waals surface area contributed by atoms with Crippen LogP contribution in [0.5, 0.6) is 0 Å². The Bertz CT molecular complexity index is 608. The monoisotopic (exact) mass is 255 g/mol.